The predicted molar refractivity (Wildman–Crippen MR) is 79.5 cm³/mol. The lowest BCUT2D eigenvalue weighted by molar-refractivity contribution is 0.112. The molecule has 4 heteroatoms. The summed E-state index contributed by atoms with van der Waals surface area (Å²) >= 11 is 0. The van der Waals surface area contributed by atoms with Gasteiger partial charge in [0.05, 0.1) is 19.3 Å². The van der Waals surface area contributed by atoms with Crippen LogP contribution in [0.5, 0.6) is 11.5 Å². The fourth-order valence-corrected chi connectivity index (χ4v) is 2.14. The molecule has 1 aromatic rings. The molecule has 2 rings (SSSR count). The lowest BCUT2D eigenvalue weighted by Gasteiger charge is -2.29. The van der Waals surface area contributed by atoms with Gasteiger partial charge in [0.1, 0.15) is 6.61 Å². The third-order valence-corrected chi connectivity index (χ3v) is 3.66. The van der Waals surface area contributed by atoms with Crippen molar-refractivity contribution in [2.75, 3.05) is 20.3 Å². The van der Waals surface area contributed by atoms with E-state index in [0.29, 0.717) is 12.6 Å². The number of hydrogen-bond donors (Lipinski definition) is 2. The van der Waals surface area contributed by atoms with Gasteiger partial charge in [-0.05, 0) is 43.9 Å². The van der Waals surface area contributed by atoms with E-state index in [9.17, 15) is 5.11 Å². The molecule has 1 fully saturated rings. The molecule has 1 aliphatic rings. The molecule has 1 unspecified atom stereocenters. The zero-order valence-electron chi connectivity index (χ0n) is 12.6. The first-order valence-electron chi connectivity index (χ1n) is 7.28. The third-order valence-electron chi connectivity index (χ3n) is 3.66. The Kier molecular flexibility index (Phi) is 4.89. The smallest absolute Gasteiger partial charge is 0.161 e. The number of methoxy groups -OCH3 is 1. The number of aryl methyl sites for hydroxylation is 1. The van der Waals surface area contributed by atoms with Gasteiger partial charge in [0.15, 0.2) is 11.5 Å². The Labute approximate surface area is 121 Å². The molecule has 0 radical (unpaired) electrons. The monoisotopic (exact) mass is 279 g/mol. The summed E-state index contributed by atoms with van der Waals surface area (Å²) in [6, 6.07) is 6.51. The number of aliphatic hydroxyl groups is 1. The van der Waals surface area contributed by atoms with Gasteiger partial charge in [0.25, 0.3) is 0 Å². The zero-order valence-corrected chi connectivity index (χ0v) is 12.6. The highest BCUT2D eigenvalue weighted by Crippen LogP contribution is 2.29. The summed E-state index contributed by atoms with van der Waals surface area (Å²) in [5.41, 5.74) is 0.811. The summed E-state index contributed by atoms with van der Waals surface area (Å²) in [4.78, 5) is 0. The van der Waals surface area contributed by atoms with Crippen molar-refractivity contribution >= 4 is 0 Å². The Balaban J connectivity index is 2.01. The van der Waals surface area contributed by atoms with E-state index >= 15 is 0 Å². The average Bonchev–Trinajstić information content (AvgIpc) is 3.28. The van der Waals surface area contributed by atoms with Crippen molar-refractivity contribution in [3.8, 4) is 11.5 Å². The van der Waals surface area contributed by atoms with Crippen molar-refractivity contribution in [1.82, 2.24) is 5.32 Å². The van der Waals surface area contributed by atoms with Gasteiger partial charge in [-0.25, -0.2) is 0 Å². The van der Waals surface area contributed by atoms with E-state index in [1.807, 2.05) is 25.1 Å². The van der Waals surface area contributed by atoms with E-state index < -0.39 is 5.54 Å². The average molecular weight is 279 g/mol. The molecule has 20 heavy (non-hydrogen) atoms. The Hall–Kier alpha value is -1.26. The van der Waals surface area contributed by atoms with Crippen molar-refractivity contribution in [2.45, 2.75) is 44.7 Å². The van der Waals surface area contributed by atoms with Crippen molar-refractivity contribution in [1.29, 1.82) is 0 Å². The highest BCUT2D eigenvalue weighted by atomic mass is 16.5. The van der Waals surface area contributed by atoms with E-state index in [-0.39, 0.29) is 6.61 Å². The summed E-state index contributed by atoms with van der Waals surface area (Å²) in [5, 5.41) is 13.0. The van der Waals surface area contributed by atoms with Crippen LogP contribution in [0.3, 0.4) is 0 Å². The normalized spacial score (nSPS) is 17.6. The van der Waals surface area contributed by atoms with Gasteiger partial charge < -0.3 is 19.9 Å². The molecule has 112 valence electrons. The molecule has 1 aromatic carbocycles. The number of ether oxygens (including phenoxy) is 2. The number of hydrogen-bond acceptors (Lipinski definition) is 4. The molecule has 0 bridgehead atoms. The van der Waals surface area contributed by atoms with Crippen LogP contribution < -0.4 is 14.8 Å². The highest BCUT2D eigenvalue weighted by Gasteiger charge is 2.32. The van der Waals surface area contributed by atoms with Gasteiger partial charge >= 0.3 is 0 Å². The van der Waals surface area contributed by atoms with Crippen molar-refractivity contribution < 1.29 is 14.6 Å². The van der Waals surface area contributed by atoms with Crippen LogP contribution in [-0.2, 0) is 6.42 Å². The first kappa shape index (κ1) is 15.1. The standard InChI is InChI=1S/C16H25NO3/c1-4-12-5-8-14(15(9-12)19-3)20-11-16(2,10-18)17-13-6-7-13/h5,8-9,13,17-18H,4,6-7,10-11H2,1-3H3. The van der Waals surface area contributed by atoms with Gasteiger partial charge in [0, 0.05) is 6.04 Å². The van der Waals surface area contributed by atoms with Gasteiger partial charge in [-0.1, -0.05) is 13.0 Å². The second-order valence-electron chi connectivity index (χ2n) is 5.76. The van der Waals surface area contributed by atoms with Crippen LogP contribution in [0.2, 0.25) is 0 Å². The zero-order chi connectivity index (χ0) is 14.6. The van der Waals surface area contributed by atoms with Crippen LogP contribution in [0.25, 0.3) is 0 Å². The van der Waals surface area contributed by atoms with Crippen molar-refractivity contribution in [3.05, 3.63) is 23.8 Å². The summed E-state index contributed by atoms with van der Waals surface area (Å²) in [6.07, 6.45) is 3.34. The Morgan fingerprint density at radius 2 is 2.10 bits per heavy atom. The van der Waals surface area contributed by atoms with Gasteiger partial charge in [0.2, 0.25) is 0 Å². The topological polar surface area (TPSA) is 50.7 Å². The fourth-order valence-electron chi connectivity index (χ4n) is 2.14. The predicted octanol–water partition coefficient (Wildman–Crippen LogP) is 2.14. The first-order valence-corrected chi connectivity index (χ1v) is 7.28. The van der Waals surface area contributed by atoms with Crippen LogP contribution in [0.4, 0.5) is 0 Å². The van der Waals surface area contributed by atoms with E-state index in [2.05, 4.69) is 12.2 Å². The van der Waals surface area contributed by atoms with Crippen LogP contribution in [0, 0.1) is 0 Å². The molecular formula is C16H25NO3. The van der Waals surface area contributed by atoms with Crippen molar-refractivity contribution in [3.63, 3.8) is 0 Å². The van der Waals surface area contributed by atoms with E-state index in [1.165, 1.54) is 18.4 Å². The number of aliphatic hydroxyl groups excluding tert-OH is 1. The molecule has 0 saturated heterocycles. The summed E-state index contributed by atoms with van der Waals surface area (Å²) < 4.78 is 11.2. The number of rotatable bonds is 8. The van der Waals surface area contributed by atoms with E-state index in [0.717, 1.165) is 17.9 Å². The second kappa shape index (κ2) is 6.46. The molecule has 0 spiro atoms. The molecule has 2 N–H and O–H groups in total. The SMILES string of the molecule is CCc1ccc(OCC(C)(CO)NC2CC2)c(OC)c1. The Morgan fingerprint density at radius 1 is 1.35 bits per heavy atom. The highest BCUT2D eigenvalue weighted by molar-refractivity contribution is 5.43. The maximum absolute atomic E-state index is 9.57. The maximum Gasteiger partial charge on any atom is 0.161 e. The molecule has 0 aromatic heterocycles. The van der Waals surface area contributed by atoms with Gasteiger partial charge in [-0.3, -0.25) is 0 Å². The van der Waals surface area contributed by atoms with Gasteiger partial charge in [-0.15, -0.1) is 0 Å². The molecule has 1 atom stereocenters. The van der Waals surface area contributed by atoms with Gasteiger partial charge in [-0.2, -0.15) is 0 Å². The van der Waals surface area contributed by atoms with E-state index in [4.69, 9.17) is 9.47 Å². The molecular weight excluding hydrogens is 254 g/mol. The van der Waals surface area contributed by atoms with E-state index in [1.54, 1.807) is 7.11 Å². The Morgan fingerprint density at radius 3 is 2.65 bits per heavy atom. The third kappa shape index (κ3) is 3.87. The number of nitrogens with one attached hydrogen (secondary N) is 1. The van der Waals surface area contributed by atoms with Crippen LogP contribution in [0.15, 0.2) is 18.2 Å². The van der Waals surface area contributed by atoms with Crippen LogP contribution >= 0.6 is 0 Å². The van der Waals surface area contributed by atoms with Crippen LogP contribution in [0.1, 0.15) is 32.3 Å². The molecule has 4 nitrogen and oxygen atoms in total. The molecule has 0 heterocycles. The summed E-state index contributed by atoms with van der Waals surface area (Å²) in [6.45, 7) is 4.57. The minimum atomic E-state index is -0.407. The summed E-state index contributed by atoms with van der Waals surface area (Å²) in [7, 11) is 1.65. The largest absolute Gasteiger partial charge is 0.493 e. The van der Waals surface area contributed by atoms with Crippen LogP contribution in [-0.4, -0.2) is 37.0 Å². The molecule has 0 amide bonds. The molecule has 1 saturated carbocycles. The lowest BCUT2D eigenvalue weighted by Crippen LogP contribution is -2.51. The minimum absolute atomic E-state index is 0.0544. The van der Waals surface area contributed by atoms with Crippen molar-refractivity contribution in [2.24, 2.45) is 0 Å². The summed E-state index contributed by atoms with van der Waals surface area (Å²) in [5.74, 6) is 1.47. The maximum atomic E-state index is 9.57. The lowest BCUT2D eigenvalue weighted by atomic mass is 10.1. The first-order chi connectivity index (χ1) is 9.60. The number of benzene rings is 1. The second-order valence-corrected chi connectivity index (χ2v) is 5.76. The minimum Gasteiger partial charge on any atom is -0.493 e. The molecule has 1 aliphatic carbocycles. The quantitative estimate of drug-likeness (QED) is 0.765. The Bertz CT molecular complexity index is 445. The molecule has 0 aliphatic heterocycles. The fraction of sp³-hybridized carbons (Fsp3) is 0.625.